The second kappa shape index (κ2) is 6.53. The van der Waals surface area contributed by atoms with Crippen LogP contribution in [-0.2, 0) is 10.9 Å². The SMILES string of the molecule is CC(C)(C)OC(=O)N1CCN(c2c(N)cc(C(F)(F)F)cc2N)CC1. The van der Waals surface area contributed by atoms with Crippen molar-refractivity contribution in [2.45, 2.75) is 32.5 Å². The normalized spacial score (nSPS) is 16.1. The van der Waals surface area contributed by atoms with Crippen LogP contribution in [0.2, 0.25) is 0 Å². The molecule has 6 nitrogen and oxygen atoms in total. The van der Waals surface area contributed by atoms with Crippen molar-refractivity contribution in [2.75, 3.05) is 42.5 Å². The quantitative estimate of drug-likeness (QED) is 0.752. The number of rotatable bonds is 1. The molecule has 1 saturated heterocycles. The summed E-state index contributed by atoms with van der Waals surface area (Å²) in [5.41, 5.74) is 10.5. The first kappa shape index (κ1) is 19.0. The molecule has 1 aromatic rings. The number of hydrogen-bond donors (Lipinski definition) is 2. The van der Waals surface area contributed by atoms with E-state index in [0.29, 0.717) is 31.9 Å². The highest BCUT2D eigenvalue weighted by molar-refractivity contribution is 5.82. The number of halogens is 3. The Hall–Kier alpha value is -2.32. The van der Waals surface area contributed by atoms with Crippen LogP contribution >= 0.6 is 0 Å². The number of hydrogen-bond acceptors (Lipinski definition) is 5. The van der Waals surface area contributed by atoms with Gasteiger partial charge >= 0.3 is 12.3 Å². The van der Waals surface area contributed by atoms with Crippen molar-refractivity contribution in [1.82, 2.24) is 4.90 Å². The van der Waals surface area contributed by atoms with Crippen molar-refractivity contribution >= 4 is 23.2 Å². The molecule has 0 aromatic heterocycles. The zero-order valence-corrected chi connectivity index (χ0v) is 14.5. The Morgan fingerprint density at radius 1 is 1.04 bits per heavy atom. The molecule has 0 aliphatic carbocycles. The van der Waals surface area contributed by atoms with Gasteiger partial charge in [0.05, 0.1) is 22.6 Å². The van der Waals surface area contributed by atoms with Gasteiger partial charge in [-0.25, -0.2) is 4.79 Å². The summed E-state index contributed by atoms with van der Waals surface area (Å²) in [6, 6.07) is 1.76. The molecule has 4 N–H and O–H groups in total. The van der Waals surface area contributed by atoms with Crippen LogP contribution in [0, 0.1) is 0 Å². The fourth-order valence-electron chi connectivity index (χ4n) is 2.65. The number of alkyl halides is 3. The summed E-state index contributed by atoms with van der Waals surface area (Å²) >= 11 is 0. The summed E-state index contributed by atoms with van der Waals surface area (Å²) in [5, 5.41) is 0. The van der Waals surface area contributed by atoms with E-state index >= 15 is 0 Å². The number of amides is 1. The highest BCUT2D eigenvalue weighted by Gasteiger charge is 2.33. The number of ether oxygens (including phenoxy) is 1. The van der Waals surface area contributed by atoms with Gasteiger partial charge in [0.25, 0.3) is 0 Å². The smallest absolute Gasteiger partial charge is 0.416 e. The third-order valence-corrected chi connectivity index (χ3v) is 3.74. The van der Waals surface area contributed by atoms with E-state index in [1.54, 1.807) is 30.6 Å². The number of nitrogen functional groups attached to an aromatic ring is 2. The molecule has 0 unspecified atom stereocenters. The lowest BCUT2D eigenvalue weighted by Gasteiger charge is -2.37. The standard InChI is InChI=1S/C16H23F3N4O2/c1-15(2,3)25-14(24)23-6-4-22(5-7-23)13-11(20)8-10(9-12(13)21)16(17,18)19/h8-9H,4-7,20-21H2,1-3H3. The van der Waals surface area contributed by atoms with Crippen LogP contribution < -0.4 is 16.4 Å². The van der Waals surface area contributed by atoms with Crippen molar-refractivity contribution in [3.8, 4) is 0 Å². The van der Waals surface area contributed by atoms with Crippen molar-refractivity contribution in [1.29, 1.82) is 0 Å². The predicted molar refractivity (Wildman–Crippen MR) is 90.3 cm³/mol. The summed E-state index contributed by atoms with van der Waals surface area (Å²) in [5.74, 6) is 0. The van der Waals surface area contributed by atoms with Crippen molar-refractivity contribution in [2.24, 2.45) is 0 Å². The van der Waals surface area contributed by atoms with Gasteiger partial charge in [-0.15, -0.1) is 0 Å². The minimum atomic E-state index is -4.50. The monoisotopic (exact) mass is 360 g/mol. The second-order valence-electron chi connectivity index (χ2n) is 6.96. The first-order chi connectivity index (χ1) is 11.4. The molecule has 0 bridgehead atoms. The molecule has 1 aliphatic heterocycles. The number of benzene rings is 1. The number of nitrogens with zero attached hydrogens (tertiary/aromatic N) is 2. The van der Waals surface area contributed by atoms with Crippen LogP contribution in [0.25, 0.3) is 0 Å². The fourth-order valence-corrected chi connectivity index (χ4v) is 2.65. The van der Waals surface area contributed by atoms with E-state index in [-0.39, 0.29) is 11.4 Å². The summed E-state index contributed by atoms with van der Waals surface area (Å²) in [6.07, 6.45) is -4.92. The van der Waals surface area contributed by atoms with E-state index in [9.17, 15) is 18.0 Å². The molecule has 0 radical (unpaired) electrons. The van der Waals surface area contributed by atoms with E-state index in [1.807, 2.05) is 0 Å². The first-order valence-electron chi connectivity index (χ1n) is 7.87. The Balaban J connectivity index is 2.10. The largest absolute Gasteiger partial charge is 0.444 e. The summed E-state index contributed by atoms with van der Waals surface area (Å²) < 4.78 is 43.8. The predicted octanol–water partition coefficient (Wildman–Crippen LogP) is 2.93. The molecule has 1 fully saturated rings. The minimum Gasteiger partial charge on any atom is -0.444 e. The molecule has 1 amide bonds. The first-order valence-corrected chi connectivity index (χ1v) is 7.87. The van der Waals surface area contributed by atoms with Gasteiger partial charge in [-0.3, -0.25) is 0 Å². The van der Waals surface area contributed by atoms with Crippen LogP contribution in [0.4, 0.5) is 35.0 Å². The molecule has 2 rings (SSSR count). The Labute approximate surface area is 144 Å². The molecular weight excluding hydrogens is 337 g/mol. The summed E-state index contributed by atoms with van der Waals surface area (Å²) in [6.45, 7) is 6.89. The number of carbonyl (C=O) groups excluding carboxylic acids is 1. The van der Waals surface area contributed by atoms with Crippen LogP contribution in [-0.4, -0.2) is 42.8 Å². The molecule has 0 saturated carbocycles. The third kappa shape index (κ3) is 4.61. The van der Waals surface area contributed by atoms with Gasteiger partial charge < -0.3 is 26.0 Å². The van der Waals surface area contributed by atoms with Crippen LogP contribution in [0.3, 0.4) is 0 Å². The average molecular weight is 360 g/mol. The Morgan fingerprint density at radius 3 is 1.92 bits per heavy atom. The maximum atomic E-state index is 12.8. The number of anilines is 3. The third-order valence-electron chi connectivity index (χ3n) is 3.74. The van der Waals surface area contributed by atoms with Gasteiger partial charge in [-0.05, 0) is 32.9 Å². The van der Waals surface area contributed by atoms with Gasteiger partial charge in [0.15, 0.2) is 0 Å². The zero-order chi connectivity index (χ0) is 19.0. The van der Waals surface area contributed by atoms with E-state index in [1.165, 1.54) is 0 Å². The van der Waals surface area contributed by atoms with Gasteiger partial charge in [0.1, 0.15) is 5.60 Å². The highest BCUT2D eigenvalue weighted by Crippen LogP contribution is 2.38. The number of carbonyl (C=O) groups is 1. The Morgan fingerprint density at radius 2 is 1.52 bits per heavy atom. The Bertz CT molecular complexity index is 625. The lowest BCUT2D eigenvalue weighted by atomic mass is 10.1. The highest BCUT2D eigenvalue weighted by atomic mass is 19.4. The lowest BCUT2D eigenvalue weighted by molar-refractivity contribution is -0.137. The number of piperazine rings is 1. The van der Waals surface area contributed by atoms with Crippen LogP contribution in [0.5, 0.6) is 0 Å². The van der Waals surface area contributed by atoms with E-state index in [0.717, 1.165) is 12.1 Å². The van der Waals surface area contributed by atoms with Gasteiger partial charge in [0.2, 0.25) is 0 Å². The van der Waals surface area contributed by atoms with E-state index in [2.05, 4.69) is 0 Å². The van der Waals surface area contributed by atoms with Crippen LogP contribution in [0.1, 0.15) is 26.3 Å². The summed E-state index contributed by atoms with van der Waals surface area (Å²) in [7, 11) is 0. The lowest BCUT2D eigenvalue weighted by Crippen LogP contribution is -2.50. The fraction of sp³-hybridized carbons (Fsp3) is 0.562. The average Bonchev–Trinajstić information content (AvgIpc) is 2.44. The topological polar surface area (TPSA) is 84.8 Å². The zero-order valence-electron chi connectivity index (χ0n) is 14.5. The maximum Gasteiger partial charge on any atom is 0.416 e. The molecule has 1 aliphatic rings. The van der Waals surface area contributed by atoms with Gasteiger partial charge in [0, 0.05) is 26.2 Å². The molecule has 1 heterocycles. The molecule has 1 aromatic carbocycles. The molecular formula is C16H23F3N4O2. The van der Waals surface area contributed by atoms with Crippen molar-refractivity contribution in [3.63, 3.8) is 0 Å². The van der Waals surface area contributed by atoms with Crippen LogP contribution in [0.15, 0.2) is 12.1 Å². The molecule has 25 heavy (non-hydrogen) atoms. The van der Waals surface area contributed by atoms with E-state index in [4.69, 9.17) is 16.2 Å². The van der Waals surface area contributed by atoms with Crippen molar-refractivity contribution in [3.05, 3.63) is 17.7 Å². The van der Waals surface area contributed by atoms with Gasteiger partial charge in [-0.1, -0.05) is 0 Å². The second-order valence-corrected chi connectivity index (χ2v) is 6.96. The Kier molecular flexibility index (Phi) is 4.97. The number of nitrogens with two attached hydrogens (primary N) is 2. The molecule has 0 atom stereocenters. The maximum absolute atomic E-state index is 12.8. The molecule has 9 heteroatoms. The van der Waals surface area contributed by atoms with Gasteiger partial charge in [-0.2, -0.15) is 13.2 Å². The summed E-state index contributed by atoms with van der Waals surface area (Å²) in [4.78, 5) is 15.4. The van der Waals surface area contributed by atoms with E-state index < -0.39 is 23.4 Å². The minimum absolute atomic E-state index is 0.0296. The molecule has 0 spiro atoms. The molecule has 140 valence electrons. The van der Waals surface area contributed by atoms with Crippen molar-refractivity contribution < 1.29 is 22.7 Å².